The lowest BCUT2D eigenvalue weighted by molar-refractivity contribution is 0.103. The maximum absolute atomic E-state index is 14.4. The lowest BCUT2D eigenvalue weighted by Gasteiger charge is -2.24. The number of hydrogen-bond donors (Lipinski definition) is 8. The highest BCUT2D eigenvalue weighted by Gasteiger charge is 2.32. The molecule has 0 unspecified atom stereocenters. The fourth-order valence-corrected chi connectivity index (χ4v) is 13.6. The smallest absolute Gasteiger partial charge is 0.328 e. The number of carbonyl (C=O) groups excluding carboxylic acids is 2. The number of carbonyl (C=O) groups is 2. The van der Waals surface area contributed by atoms with E-state index < -0.39 is 50.8 Å². The van der Waals surface area contributed by atoms with Gasteiger partial charge in [0, 0.05) is 79.0 Å². The lowest BCUT2D eigenvalue weighted by atomic mass is 9.83. The van der Waals surface area contributed by atoms with Crippen molar-refractivity contribution < 1.29 is 58.0 Å². The second-order valence-corrected chi connectivity index (χ2v) is 26.6. The van der Waals surface area contributed by atoms with Crippen molar-refractivity contribution in [3.8, 4) is 45.8 Å². The van der Waals surface area contributed by atoms with Crippen LogP contribution in [0.3, 0.4) is 0 Å². The SMILES string of the molecule is Cn1c(=O)cc2c3c(c(Nc4ccc(S(=O)(=O)O)c(Cc5nc(NCCNc6nc(Nc7ccc(S(=O)(=O)O)c(Nc8ccc9c%10c(cc(=O)n9C)-c9ccccc9C(=O)c8%10)c7)nc(Oc7ccc(S(=O)(=O)O)cc7)n6)nc(Oc6ccccc6)n5)c4)ccc31)C(=O)c1ccccc1-2. The summed E-state index contributed by atoms with van der Waals surface area (Å²) < 4.78 is 121. The molecule has 4 heterocycles. The molecular weight excluding hydrogens is 1320 g/mol. The average Bonchev–Trinajstić information content (AvgIpc) is 0.727. The summed E-state index contributed by atoms with van der Waals surface area (Å²) in [5.41, 5.74) is 4.38. The van der Waals surface area contributed by atoms with E-state index in [1.54, 1.807) is 111 Å². The Hall–Kier alpha value is -12.1. The molecule has 31 heteroatoms. The van der Waals surface area contributed by atoms with Crippen molar-refractivity contribution in [3.05, 3.63) is 230 Å². The van der Waals surface area contributed by atoms with Crippen molar-refractivity contribution in [1.82, 2.24) is 39.0 Å². The van der Waals surface area contributed by atoms with Gasteiger partial charge in [0.2, 0.25) is 17.8 Å². The molecule has 4 aromatic heterocycles. The highest BCUT2D eigenvalue weighted by Crippen LogP contribution is 2.45. The Bertz CT molecular complexity index is 5880. The van der Waals surface area contributed by atoms with Gasteiger partial charge in [-0.1, -0.05) is 66.7 Å². The molecule has 0 fully saturated rings. The Kier molecular flexibility index (Phi) is 15.9. The van der Waals surface area contributed by atoms with Gasteiger partial charge in [0.1, 0.15) is 22.2 Å². The molecule has 0 bridgehead atoms. The van der Waals surface area contributed by atoms with E-state index in [1.165, 1.54) is 69.8 Å². The van der Waals surface area contributed by atoms with Gasteiger partial charge in [0.25, 0.3) is 41.5 Å². The zero-order valence-corrected chi connectivity index (χ0v) is 53.4. The van der Waals surface area contributed by atoms with Crippen molar-refractivity contribution in [2.75, 3.05) is 39.7 Å². The Balaban J connectivity index is 0.757. The normalized spacial score (nSPS) is 12.4. The van der Waals surface area contributed by atoms with Crippen molar-refractivity contribution in [1.29, 1.82) is 0 Å². The number of rotatable bonds is 20. The summed E-state index contributed by atoms with van der Waals surface area (Å²) in [6.07, 6.45) is -0.338. The first-order valence-electron chi connectivity index (χ1n) is 29.5. The van der Waals surface area contributed by atoms with E-state index >= 15 is 0 Å². The largest absolute Gasteiger partial charge is 0.424 e. The van der Waals surface area contributed by atoms with Gasteiger partial charge in [-0.15, -0.1) is 0 Å². The van der Waals surface area contributed by atoms with Crippen LogP contribution in [0, 0.1) is 0 Å². The molecule has 0 atom stereocenters. The van der Waals surface area contributed by atoms with E-state index in [9.17, 15) is 58.1 Å². The minimum atomic E-state index is -4.96. The average molecular weight is 1370 g/mol. The number of fused-ring (bicyclic) bond motifs is 4. The predicted octanol–water partition coefficient (Wildman–Crippen LogP) is 9.85. The van der Waals surface area contributed by atoms with Crippen molar-refractivity contribution in [3.63, 3.8) is 0 Å². The van der Waals surface area contributed by atoms with Gasteiger partial charge in [-0.2, -0.15) is 55.2 Å². The standard InChI is InChI=1S/C67H49N13O15S3/c1-79-50-24-22-47(59-57(50)45(33-55(79)81)41-12-6-8-14-43(41)61(59)83)70-36-16-26-52(97(88,89)90)35(30-36)31-54-73-63(76-66(74-54)94-38-10-4-3-5-11-38)68-28-29-69-64-75-65(78-67(77-64)95-39-18-20-40(21-19-39)96(85,86)87)71-37-17-27-53(98(91,92)93)49(32-37)72-48-23-25-51-58-46(34-56(82)80(51)2)42-13-7-9-15-44(42)62(84)60(48)58/h3-27,30,32-34,70,72H,28-29,31H2,1-2H3,(H,85,86,87)(H,88,89,90)(H,91,92,93)(H,68,73,74,76)(H2,69,71,75,77,78). The first-order chi connectivity index (χ1) is 46.9. The Morgan fingerprint density at radius 2 is 0.898 bits per heavy atom. The van der Waals surface area contributed by atoms with Crippen LogP contribution in [-0.2, 0) is 50.9 Å². The van der Waals surface area contributed by atoms with Crippen molar-refractivity contribution >= 4 is 110 Å². The third kappa shape index (κ3) is 12.2. The van der Waals surface area contributed by atoms with Gasteiger partial charge >= 0.3 is 12.0 Å². The van der Waals surface area contributed by atoms with Crippen molar-refractivity contribution in [2.45, 2.75) is 21.1 Å². The van der Waals surface area contributed by atoms with Crippen LogP contribution in [-0.4, -0.2) is 103 Å². The van der Waals surface area contributed by atoms with Crippen LogP contribution in [0.5, 0.6) is 23.5 Å². The van der Waals surface area contributed by atoms with Gasteiger partial charge in [-0.3, -0.25) is 32.8 Å². The number of benzene rings is 8. The monoisotopic (exact) mass is 1370 g/mol. The minimum Gasteiger partial charge on any atom is -0.424 e. The summed E-state index contributed by atoms with van der Waals surface area (Å²) in [7, 11) is -11.3. The molecule has 0 spiro atoms. The first kappa shape index (κ1) is 63.3. The number of aryl methyl sites for hydroxylation is 2. The summed E-state index contributed by atoms with van der Waals surface area (Å²) in [6.45, 7) is -0.0248. The fraction of sp³-hybridized carbons (Fsp3) is 0.0746. The number of nitrogens with zero attached hydrogens (tertiary/aromatic N) is 8. The summed E-state index contributed by atoms with van der Waals surface area (Å²) in [6, 6.07) is 43.4. The van der Waals surface area contributed by atoms with Crippen LogP contribution < -0.4 is 47.2 Å². The topological polar surface area (TPSA) is 397 Å². The van der Waals surface area contributed by atoms with Gasteiger partial charge in [-0.05, 0) is 125 Å². The lowest BCUT2D eigenvalue weighted by Crippen LogP contribution is -2.21. The molecule has 2 aliphatic rings. The molecule has 8 aromatic carbocycles. The molecule has 0 saturated heterocycles. The van der Waals surface area contributed by atoms with Gasteiger partial charge in [-0.25, -0.2) is 0 Å². The summed E-state index contributed by atoms with van der Waals surface area (Å²) in [5.74, 6) is -0.819. The highest BCUT2D eigenvalue weighted by molar-refractivity contribution is 7.86. The zero-order valence-electron chi connectivity index (χ0n) is 50.9. The van der Waals surface area contributed by atoms with E-state index in [0.717, 1.165) is 18.2 Å². The molecular formula is C67H49N13O15S3. The number of anilines is 8. The van der Waals surface area contributed by atoms with Gasteiger partial charge in [0.15, 0.2) is 11.6 Å². The third-order valence-corrected chi connectivity index (χ3v) is 18.9. The zero-order chi connectivity index (χ0) is 68.5. The predicted molar refractivity (Wildman–Crippen MR) is 361 cm³/mol. The Labute approximate surface area is 555 Å². The molecule has 0 amide bonds. The van der Waals surface area contributed by atoms with E-state index in [4.69, 9.17) is 9.47 Å². The maximum Gasteiger partial charge on any atom is 0.328 e. The molecule has 0 radical (unpaired) electrons. The summed E-state index contributed by atoms with van der Waals surface area (Å²) >= 11 is 0. The Morgan fingerprint density at radius 1 is 0.418 bits per heavy atom. The molecule has 0 aliphatic heterocycles. The molecule has 8 N–H and O–H groups in total. The number of aromatic nitrogens is 8. The number of hydrogen-bond acceptors (Lipinski definition) is 23. The molecule has 28 nitrogen and oxygen atoms in total. The van der Waals surface area contributed by atoms with E-state index in [1.807, 2.05) is 0 Å². The molecule has 12 aromatic rings. The van der Waals surface area contributed by atoms with Crippen LogP contribution >= 0.6 is 0 Å². The molecule has 490 valence electrons. The third-order valence-electron chi connectivity index (χ3n) is 16.2. The van der Waals surface area contributed by atoms with Crippen LogP contribution in [0.25, 0.3) is 44.1 Å². The quantitative estimate of drug-likeness (QED) is 0.0260. The number of ether oxygens (including phenoxy) is 2. The minimum absolute atomic E-state index is 0.00638. The number of nitrogens with one attached hydrogen (secondary N) is 5. The van der Waals surface area contributed by atoms with Crippen LogP contribution in [0.4, 0.5) is 46.3 Å². The van der Waals surface area contributed by atoms with Crippen LogP contribution in [0.1, 0.15) is 43.2 Å². The van der Waals surface area contributed by atoms with E-state index in [2.05, 4.69) is 56.5 Å². The Morgan fingerprint density at radius 3 is 1.45 bits per heavy atom. The fourth-order valence-electron chi connectivity index (χ4n) is 11.8. The second-order valence-electron chi connectivity index (χ2n) is 22.4. The van der Waals surface area contributed by atoms with E-state index in [-0.39, 0.29) is 112 Å². The second kappa shape index (κ2) is 24.6. The number of para-hydroxylation sites is 1. The van der Waals surface area contributed by atoms with Gasteiger partial charge < -0.3 is 45.2 Å². The van der Waals surface area contributed by atoms with Crippen LogP contribution in [0.15, 0.2) is 200 Å². The maximum atomic E-state index is 14.4. The molecule has 0 saturated carbocycles. The molecule has 2 aliphatic carbocycles. The highest BCUT2D eigenvalue weighted by atomic mass is 32.2. The number of ketones is 2. The number of pyridine rings is 2. The first-order valence-corrected chi connectivity index (χ1v) is 33.8. The molecule has 14 rings (SSSR count). The summed E-state index contributed by atoms with van der Waals surface area (Å²) in [5, 5.41) is 16.4. The summed E-state index contributed by atoms with van der Waals surface area (Å²) in [4.78, 5) is 80.5. The molecule has 98 heavy (non-hydrogen) atoms. The van der Waals surface area contributed by atoms with Crippen molar-refractivity contribution in [2.24, 2.45) is 14.1 Å². The van der Waals surface area contributed by atoms with Crippen LogP contribution in [0.2, 0.25) is 0 Å². The van der Waals surface area contributed by atoms with Gasteiger partial charge in [0.05, 0.1) is 49.0 Å². The van der Waals surface area contributed by atoms with E-state index in [0.29, 0.717) is 72.3 Å².